The molecular weight excluding hydrogens is 364 g/mol. The Morgan fingerprint density at radius 3 is 2.43 bits per heavy atom. The normalized spacial score (nSPS) is 47.2. The van der Waals surface area contributed by atoms with Gasteiger partial charge < -0.3 is 5.11 Å². The van der Waals surface area contributed by atoms with Gasteiger partial charge in [0, 0.05) is 0 Å². The largest absolute Gasteiger partial charge is 0.393 e. The Morgan fingerprint density at radius 1 is 1.00 bits per heavy atom. The molecule has 1 heteroatoms. The minimum Gasteiger partial charge on any atom is -0.393 e. The molecule has 0 radical (unpaired) electrons. The molecule has 0 aromatic carbocycles. The Balaban J connectivity index is 1.50. The van der Waals surface area contributed by atoms with Gasteiger partial charge in [0.2, 0.25) is 0 Å². The summed E-state index contributed by atoms with van der Waals surface area (Å²) in [5, 5.41) is 11.3. The molecule has 0 aromatic rings. The van der Waals surface area contributed by atoms with Crippen molar-refractivity contribution >= 4 is 0 Å². The molecule has 0 aromatic heterocycles. The highest BCUT2D eigenvalue weighted by Gasteiger charge is 2.62. The van der Waals surface area contributed by atoms with Crippen molar-refractivity contribution in [3.63, 3.8) is 0 Å². The maximum atomic E-state index is 11.3. The molecule has 4 aliphatic carbocycles. The van der Waals surface area contributed by atoms with Crippen LogP contribution in [-0.2, 0) is 0 Å². The molecular formula is C29H50O. The second kappa shape index (κ2) is 7.93. The molecule has 0 heterocycles. The Kier molecular flexibility index (Phi) is 6.05. The SMILES string of the molecule is C=C(CC[C@@H](C)[C@H]1C(O)C[C@H]2[C@@H]3CCC4CCCC[C@]4(C)[C@H]3CC[C@]12C)C(C)(C)C. The van der Waals surface area contributed by atoms with Gasteiger partial charge in [-0.25, -0.2) is 0 Å². The van der Waals surface area contributed by atoms with Gasteiger partial charge in [-0.1, -0.05) is 66.5 Å². The summed E-state index contributed by atoms with van der Waals surface area (Å²) in [6.45, 7) is 18.9. The van der Waals surface area contributed by atoms with Crippen molar-refractivity contribution in [3.05, 3.63) is 12.2 Å². The summed E-state index contributed by atoms with van der Waals surface area (Å²) in [7, 11) is 0. The zero-order valence-electron chi connectivity index (χ0n) is 21.0. The quantitative estimate of drug-likeness (QED) is 0.462. The van der Waals surface area contributed by atoms with Crippen molar-refractivity contribution < 1.29 is 5.11 Å². The van der Waals surface area contributed by atoms with Gasteiger partial charge in [0.1, 0.15) is 0 Å². The summed E-state index contributed by atoms with van der Waals surface area (Å²) in [6, 6.07) is 0. The number of fused-ring (bicyclic) bond motifs is 5. The summed E-state index contributed by atoms with van der Waals surface area (Å²) in [5.41, 5.74) is 2.52. The smallest absolute Gasteiger partial charge is 0.0579 e. The molecule has 4 saturated carbocycles. The summed E-state index contributed by atoms with van der Waals surface area (Å²) in [5.74, 6) is 4.61. The molecule has 2 unspecified atom stereocenters. The van der Waals surface area contributed by atoms with Crippen LogP contribution >= 0.6 is 0 Å². The molecule has 0 amide bonds. The van der Waals surface area contributed by atoms with Crippen LogP contribution in [0, 0.1) is 51.8 Å². The lowest BCUT2D eigenvalue weighted by molar-refractivity contribution is -0.115. The molecule has 0 saturated heterocycles. The van der Waals surface area contributed by atoms with E-state index in [4.69, 9.17) is 0 Å². The van der Waals surface area contributed by atoms with E-state index < -0.39 is 0 Å². The Hall–Kier alpha value is -0.300. The predicted molar refractivity (Wildman–Crippen MR) is 128 cm³/mol. The maximum Gasteiger partial charge on any atom is 0.0579 e. The van der Waals surface area contributed by atoms with E-state index in [9.17, 15) is 5.11 Å². The van der Waals surface area contributed by atoms with Crippen LogP contribution in [0.15, 0.2) is 12.2 Å². The van der Waals surface area contributed by atoms with Crippen molar-refractivity contribution in [2.75, 3.05) is 0 Å². The molecule has 4 aliphatic rings. The molecule has 0 aliphatic heterocycles. The van der Waals surface area contributed by atoms with Gasteiger partial charge in [-0.05, 0) is 110 Å². The molecule has 1 nitrogen and oxygen atoms in total. The topological polar surface area (TPSA) is 20.2 Å². The molecule has 9 atom stereocenters. The Bertz CT molecular complexity index is 643. The summed E-state index contributed by atoms with van der Waals surface area (Å²) in [4.78, 5) is 0. The van der Waals surface area contributed by atoms with Crippen LogP contribution < -0.4 is 0 Å². The highest BCUT2D eigenvalue weighted by Crippen LogP contribution is 2.68. The van der Waals surface area contributed by atoms with Crippen LogP contribution in [0.1, 0.15) is 112 Å². The molecule has 0 bridgehead atoms. The first-order valence-electron chi connectivity index (χ1n) is 13.3. The van der Waals surface area contributed by atoms with Crippen LogP contribution in [0.5, 0.6) is 0 Å². The van der Waals surface area contributed by atoms with Gasteiger partial charge in [0.15, 0.2) is 0 Å². The fourth-order valence-corrected chi connectivity index (χ4v) is 9.33. The first-order valence-corrected chi connectivity index (χ1v) is 13.3. The maximum absolute atomic E-state index is 11.3. The van der Waals surface area contributed by atoms with E-state index in [0.717, 1.165) is 36.5 Å². The molecule has 1 N–H and O–H groups in total. The van der Waals surface area contributed by atoms with E-state index in [1.54, 1.807) is 0 Å². The minimum atomic E-state index is -0.0893. The van der Waals surface area contributed by atoms with Crippen molar-refractivity contribution in [1.29, 1.82) is 0 Å². The van der Waals surface area contributed by atoms with Gasteiger partial charge in [-0.3, -0.25) is 0 Å². The van der Waals surface area contributed by atoms with Crippen LogP contribution in [0.25, 0.3) is 0 Å². The second-order valence-electron chi connectivity index (χ2n) is 13.6. The molecule has 30 heavy (non-hydrogen) atoms. The fourth-order valence-electron chi connectivity index (χ4n) is 9.33. The first kappa shape index (κ1) is 22.9. The average molecular weight is 415 g/mol. The summed E-state index contributed by atoms with van der Waals surface area (Å²) < 4.78 is 0. The predicted octanol–water partition coefficient (Wildman–Crippen LogP) is 8.02. The van der Waals surface area contributed by atoms with Crippen LogP contribution in [-0.4, -0.2) is 11.2 Å². The Morgan fingerprint density at radius 2 is 1.73 bits per heavy atom. The number of aliphatic hydroxyl groups excluding tert-OH is 1. The number of allylic oxidation sites excluding steroid dienone is 1. The van der Waals surface area contributed by atoms with Gasteiger partial charge in [-0.2, -0.15) is 0 Å². The highest BCUT2D eigenvalue weighted by atomic mass is 16.3. The van der Waals surface area contributed by atoms with Crippen molar-refractivity contribution in [2.45, 2.75) is 118 Å². The number of rotatable bonds is 4. The van der Waals surface area contributed by atoms with Gasteiger partial charge >= 0.3 is 0 Å². The lowest BCUT2D eigenvalue weighted by Crippen LogP contribution is -2.53. The van der Waals surface area contributed by atoms with E-state index in [1.807, 2.05) is 0 Å². The lowest BCUT2D eigenvalue weighted by Gasteiger charge is -2.60. The average Bonchev–Trinajstić information content (AvgIpc) is 2.94. The van der Waals surface area contributed by atoms with Gasteiger partial charge in [0.25, 0.3) is 0 Å². The zero-order valence-corrected chi connectivity index (χ0v) is 21.0. The number of hydrogen-bond acceptors (Lipinski definition) is 1. The fraction of sp³-hybridized carbons (Fsp3) is 0.931. The second-order valence-corrected chi connectivity index (χ2v) is 13.6. The summed E-state index contributed by atoms with van der Waals surface area (Å²) >= 11 is 0. The third kappa shape index (κ3) is 3.64. The van der Waals surface area contributed by atoms with E-state index in [0.29, 0.717) is 22.7 Å². The third-order valence-corrected chi connectivity index (χ3v) is 11.3. The van der Waals surface area contributed by atoms with E-state index >= 15 is 0 Å². The van der Waals surface area contributed by atoms with Gasteiger partial charge in [-0.15, -0.1) is 0 Å². The van der Waals surface area contributed by atoms with Crippen LogP contribution in [0.2, 0.25) is 0 Å². The number of hydrogen-bond donors (Lipinski definition) is 1. The number of aliphatic hydroxyl groups is 1. The van der Waals surface area contributed by atoms with Crippen molar-refractivity contribution in [3.8, 4) is 0 Å². The molecule has 4 fully saturated rings. The zero-order chi connectivity index (χ0) is 21.9. The minimum absolute atomic E-state index is 0.0893. The van der Waals surface area contributed by atoms with Crippen molar-refractivity contribution in [1.82, 2.24) is 0 Å². The molecule has 0 spiro atoms. The van der Waals surface area contributed by atoms with E-state index in [-0.39, 0.29) is 11.5 Å². The monoisotopic (exact) mass is 414 g/mol. The van der Waals surface area contributed by atoms with Gasteiger partial charge in [0.05, 0.1) is 6.10 Å². The van der Waals surface area contributed by atoms with E-state index in [2.05, 4.69) is 48.1 Å². The van der Waals surface area contributed by atoms with E-state index in [1.165, 1.54) is 63.4 Å². The van der Waals surface area contributed by atoms with Crippen LogP contribution in [0.3, 0.4) is 0 Å². The Labute approximate surface area is 187 Å². The standard InChI is InChI=1S/C29H50O/c1-19(11-12-20(2)27(3,4)5)26-25(30)18-24-22-14-13-21-10-8-9-16-28(21,6)23(22)15-17-29(24,26)7/h19,21-26,30H,2,8-18H2,1,3-7H3/t19-,21?,22-,23+,24+,25?,26+,28+,29+/m1/s1. The third-order valence-electron chi connectivity index (χ3n) is 11.3. The molecule has 4 rings (SSSR count). The highest BCUT2D eigenvalue weighted by molar-refractivity contribution is 5.12. The van der Waals surface area contributed by atoms with Crippen LogP contribution in [0.4, 0.5) is 0 Å². The summed E-state index contributed by atoms with van der Waals surface area (Å²) in [6.07, 6.45) is 14.9. The molecule has 172 valence electrons. The lowest BCUT2D eigenvalue weighted by atomic mass is 9.44. The van der Waals surface area contributed by atoms with Crippen molar-refractivity contribution in [2.24, 2.45) is 51.8 Å². The first-order chi connectivity index (χ1) is 14.0.